The summed E-state index contributed by atoms with van der Waals surface area (Å²) in [7, 11) is 0. The van der Waals surface area contributed by atoms with E-state index in [0.717, 1.165) is 38.5 Å². The fourth-order valence-corrected chi connectivity index (χ4v) is 3.71. The average Bonchev–Trinajstić information content (AvgIpc) is 2.50. The molecule has 2 amide bonds. The first-order valence-electron chi connectivity index (χ1n) is 8.48. The number of hydrogen-bond donors (Lipinski definition) is 3. The van der Waals surface area contributed by atoms with Gasteiger partial charge in [0.2, 0.25) is 0 Å². The predicted molar refractivity (Wildman–Crippen MR) is 86.8 cm³/mol. The standard InChI is InChI=1S/C18H26N2O2/c21-16-10-5-4-9-15(16)20-17(22)19-13-18(11-6-12-18)14-7-2-1-3-8-14/h1-3,7-8,15-16,21H,4-6,9-13H2,(H2,19,20,22). The van der Waals surface area contributed by atoms with Gasteiger partial charge < -0.3 is 15.7 Å². The summed E-state index contributed by atoms with van der Waals surface area (Å²) in [5.41, 5.74) is 1.42. The molecule has 4 nitrogen and oxygen atoms in total. The number of amides is 2. The maximum absolute atomic E-state index is 12.1. The topological polar surface area (TPSA) is 61.4 Å². The van der Waals surface area contributed by atoms with Gasteiger partial charge >= 0.3 is 6.03 Å². The monoisotopic (exact) mass is 302 g/mol. The third-order valence-electron chi connectivity index (χ3n) is 5.33. The number of aliphatic hydroxyl groups excluding tert-OH is 1. The average molecular weight is 302 g/mol. The highest BCUT2D eigenvalue weighted by molar-refractivity contribution is 5.74. The predicted octanol–water partition coefficient (Wildman–Crippen LogP) is 2.71. The van der Waals surface area contributed by atoms with Crippen molar-refractivity contribution in [3.8, 4) is 0 Å². The Labute approximate surface area is 132 Å². The van der Waals surface area contributed by atoms with Gasteiger partial charge in [-0.1, -0.05) is 49.6 Å². The molecule has 2 atom stereocenters. The normalized spacial score (nSPS) is 26.8. The molecule has 2 unspecified atom stereocenters. The molecule has 0 saturated heterocycles. The molecular formula is C18H26N2O2. The van der Waals surface area contributed by atoms with E-state index in [2.05, 4.69) is 34.9 Å². The van der Waals surface area contributed by atoms with Gasteiger partial charge in [0.1, 0.15) is 0 Å². The van der Waals surface area contributed by atoms with Gasteiger partial charge in [-0.3, -0.25) is 0 Å². The van der Waals surface area contributed by atoms with Crippen molar-refractivity contribution in [3.63, 3.8) is 0 Å². The van der Waals surface area contributed by atoms with E-state index < -0.39 is 6.10 Å². The van der Waals surface area contributed by atoms with Crippen LogP contribution in [-0.2, 0) is 5.41 Å². The van der Waals surface area contributed by atoms with Crippen molar-refractivity contribution in [1.29, 1.82) is 0 Å². The zero-order valence-corrected chi connectivity index (χ0v) is 13.1. The van der Waals surface area contributed by atoms with Gasteiger partial charge in [0.15, 0.2) is 0 Å². The Kier molecular flexibility index (Phi) is 4.67. The Morgan fingerprint density at radius 2 is 1.86 bits per heavy atom. The van der Waals surface area contributed by atoms with Gasteiger partial charge in [-0.2, -0.15) is 0 Å². The van der Waals surface area contributed by atoms with Crippen molar-refractivity contribution in [2.75, 3.05) is 6.54 Å². The van der Waals surface area contributed by atoms with Crippen LogP contribution in [0.4, 0.5) is 4.79 Å². The summed E-state index contributed by atoms with van der Waals surface area (Å²) >= 11 is 0. The van der Waals surface area contributed by atoms with Gasteiger partial charge in [-0.25, -0.2) is 4.79 Å². The third-order valence-corrected chi connectivity index (χ3v) is 5.33. The molecule has 0 bridgehead atoms. The molecule has 3 N–H and O–H groups in total. The van der Waals surface area contributed by atoms with Crippen molar-refractivity contribution in [2.24, 2.45) is 0 Å². The van der Waals surface area contributed by atoms with Crippen LogP contribution in [-0.4, -0.2) is 29.8 Å². The zero-order valence-electron chi connectivity index (χ0n) is 13.1. The molecule has 0 aliphatic heterocycles. The lowest BCUT2D eigenvalue weighted by atomic mass is 9.64. The van der Waals surface area contributed by atoms with E-state index in [4.69, 9.17) is 0 Å². The van der Waals surface area contributed by atoms with Gasteiger partial charge in [-0.15, -0.1) is 0 Å². The molecule has 22 heavy (non-hydrogen) atoms. The molecule has 2 aliphatic rings. The van der Waals surface area contributed by atoms with Crippen LogP contribution < -0.4 is 10.6 Å². The van der Waals surface area contributed by atoms with Crippen molar-refractivity contribution in [2.45, 2.75) is 62.5 Å². The SMILES string of the molecule is O=C(NCC1(c2ccccc2)CCC1)NC1CCCCC1O. The van der Waals surface area contributed by atoms with Gasteiger partial charge in [0.05, 0.1) is 12.1 Å². The van der Waals surface area contributed by atoms with Crippen molar-refractivity contribution in [1.82, 2.24) is 10.6 Å². The van der Waals surface area contributed by atoms with Crippen LogP contribution in [0.2, 0.25) is 0 Å². The number of carbonyl (C=O) groups excluding carboxylic acids is 1. The Morgan fingerprint density at radius 1 is 1.14 bits per heavy atom. The summed E-state index contributed by atoms with van der Waals surface area (Å²) in [6.07, 6.45) is 6.88. The van der Waals surface area contributed by atoms with E-state index >= 15 is 0 Å². The number of benzene rings is 1. The number of carbonyl (C=O) groups is 1. The lowest BCUT2D eigenvalue weighted by Crippen LogP contribution is -2.52. The van der Waals surface area contributed by atoms with Crippen LogP contribution >= 0.6 is 0 Å². The Bertz CT molecular complexity index is 499. The molecule has 0 radical (unpaired) electrons. The van der Waals surface area contributed by atoms with E-state index in [-0.39, 0.29) is 17.5 Å². The van der Waals surface area contributed by atoms with Crippen LogP contribution in [0.5, 0.6) is 0 Å². The molecule has 120 valence electrons. The maximum Gasteiger partial charge on any atom is 0.315 e. The number of rotatable bonds is 4. The largest absolute Gasteiger partial charge is 0.391 e. The van der Waals surface area contributed by atoms with Gasteiger partial charge in [-0.05, 0) is 31.2 Å². The smallest absolute Gasteiger partial charge is 0.315 e. The van der Waals surface area contributed by atoms with E-state index in [1.807, 2.05) is 6.07 Å². The molecule has 3 rings (SSSR count). The lowest BCUT2D eigenvalue weighted by Gasteiger charge is -2.42. The fourth-order valence-electron chi connectivity index (χ4n) is 3.71. The number of hydrogen-bond acceptors (Lipinski definition) is 2. The first-order valence-corrected chi connectivity index (χ1v) is 8.48. The summed E-state index contributed by atoms with van der Waals surface area (Å²) in [5, 5.41) is 15.9. The molecule has 0 aromatic heterocycles. The summed E-state index contributed by atoms with van der Waals surface area (Å²) in [4.78, 5) is 12.1. The van der Waals surface area contributed by atoms with Crippen molar-refractivity contribution >= 4 is 6.03 Å². The molecule has 2 saturated carbocycles. The van der Waals surface area contributed by atoms with Crippen LogP contribution in [0, 0.1) is 0 Å². The van der Waals surface area contributed by atoms with Crippen LogP contribution in [0.15, 0.2) is 30.3 Å². The minimum atomic E-state index is -0.397. The maximum atomic E-state index is 12.1. The minimum Gasteiger partial charge on any atom is -0.391 e. The minimum absolute atomic E-state index is 0.0946. The van der Waals surface area contributed by atoms with Crippen LogP contribution in [0.3, 0.4) is 0 Å². The molecule has 0 spiro atoms. The number of nitrogens with one attached hydrogen (secondary N) is 2. The van der Waals surface area contributed by atoms with E-state index in [0.29, 0.717) is 6.54 Å². The van der Waals surface area contributed by atoms with Crippen molar-refractivity contribution in [3.05, 3.63) is 35.9 Å². The Hall–Kier alpha value is -1.55. The third kappa shape index (κ3) is 3.27. The number of urea groups is 1. The second-order valence-corrected chi connectivity index (χ2v) is 6.79. The highest BCUT2D eigenvalue weighted by Crippen LogP contribution is 2.43. The fraction of sp³-hybridized carbons (Fsp3) is 0.611. The highest BCUT2D eigenvalue weighted by Gasteiger charge is 2.38. The molecule has 2 fully saturated rings. The quantitative estimate of drug-likeness (QED) is 0.801. The molecule has 1 aromatic carbocycles. The first kappa shape index (κ1) is 15.3. The Balaban J connectivity index is 1.54. The lowest BCUT2D eigenvalue weighted by molar-refractivity contribution is 0.0939. The highest BCUT2D eigenvalue weighted by atomic mass is 16.3. The molecular weight excluding hydrogens is 276 g/mol. The number of aliphatic hydroxyl groups is 1. The molecule has 2 aliphatic carbocycles. The summed E-state index contributed by atoms with van der Waals surface area (Å²) in [5.74, 6) is 0. The molecule has 1 aromatic rings. The summed E-state index contributed by atoms with van der Waals surface area (Å²) in [6, 6.07) is 10.2. The molecule has 0 heterocycles. The van der Waals surface area contributed by atoms with Gasteiger partial charge in [0.25, 0.3) is 0 Å². The summed E-state index contributed by atoms with van der Waals surface area (Å²) in [6.45, 7) is 0.672. The van der Waals surface area contributed by atoms with E-state index in [1.165, 1.54) is 12.0 Å². The second-order valence-electron chi connectivity index (χ2n) is 6.79. The Morgan fingerprint density at radius 3 is 2.50 bits per heavy atom. The first-order chi connectivity index (χ1) is 10.7. The van der Waals surface area contributed by atoms with Crippen LogP contribution in [0.25, 0.3) is 0 Å². The zero-order chi connectivity index (χ0) is 15.4. The van der Waals surface area contributed by atoms with E-state index in [1.54, 1.807) is 0 Å². The van der Waals surface area contributed by atoms with Crippen molar-refractivity contribution < 1.29 is 9.90 Å². The van der Waals surface area contributed by atoms with E-state index in [9.17, 15) is 9.90 Å². The second kappa shape index (κ2) is 6.69. The van der Waals surface area contributed by atoms with Gasteiger partial charge in [0, 0.05) is 12.0 Å². The molecule has 4 heteroatoms. The van der Waals surface area contributed by atoms with Crippen LogP contribution in [0.1, 0.15) is 50.5 Å². The summed E-state index contributed by atoms with van der Waals surface area (Å²) < 4.78 is 0.